The van der Waals surface area contributed by atoms with Crippen molar-refractivity contribution in [2.24, 2.45) is 0 Å². The Bertz CT molecular complexity index is 825. The van der Waals surface area contributed by atoms with E-state index in [4.69, 9.17) is 4.42 Å². The van der Waals surface area contributed by atoms with E-state index in [1.54, 1.807) is 0 Å². The number of aromatic nitrogens is 6. The van der Waals surface area contributed by atoms with Crippen molar-refractivity contribution in [1.82, 2.24) is 29.7 Å². The summed E-state index contributed by atoms with van der Waals surface area (Å²) in [5.41, 5.74) is -0.759. The van der Waals surface area contributed by atoms with E-state index in [-0.39, 0.29) is 17.2 Å². The molecule has 3 rings (SSSR count). The van der Waals surface area contributed by atoms with Crippen molar-refractivity contribution >= 4 is 11.2 Å². The van der Waals surface area contributed by atoms with E-state index in [9.17, 15) is 9.59 Å². The second-order valence-corrected chi connectivity index (χ2v) is 3.94. The number of aryl methyl sites for hydroxylation is 1. The van der Waals surface area contributed by atoms with Crippen LogP contribution in [0.2, 0.25) is 0 Å². The lowest BCUT2D eigenvalue weighted by Gasteiger charge is -2.00. The van der Waals surface area contributed by atoms with Gasteiger partial charge in [0.1, 0.15) is 5.82 Å². The monoisotopic (exact) mass is 262 g/mol. The molecule has 0 saturated heterocycles. The smallest absolute Gasteiger partial charge is 0.328 e. The van der Waals surface area contributed by atoms with Crippen LogP contribution in [0, 0.1) is 0 Å². The molecule has 0 aliphatic carbocycles. The van der Waals surface area contributed by atoms with Gasteiger partial charge in [-0.05, 0) is 6.42 Å². The third-order valence-electron chi connectivity index (χ3n) is 2.63. The van der Waals surface area contributed by atoms with Crippen molar-refractivity contribution in [3.8, 4) is 6.01 Å². The number of rotatable bonds is 3. The van der Waals surface area contributed by atoms with E-state index in [2.05, 4.69) is 25.1 Å². The zero-order valence-corrected chi connectivity index (χ0v) is 10.0. The molecule has 9 heteroatoms. The highest BCUT2D eigenvalue weighted by molar-refractivity contribution is 5.71. The van der Waals surface area contributed by atoms with Crippen LogP contribution >= 0.6 is 0 Å². The number of aromatic amines is 2. The topological polar surface area (TPSA) is 122 Å². The minimum absolute atomic E-state index is 0.142. The molecule has 2 N–H and O–H groups in total. The van der Waals surface area contributed by atoms with Crippen molar-refractivity contribution in [2.45, 2.75) is 19.8 Å². The fourth-order valence-electron chi connectivity index (χ4n) is 1.93. The Morgan fingerprint density at radius 1 is 1.37 bits per heavy atom. The molecule has 0 amide bonds. The van der Waals surface area contributed by atoms with Gasteiger partial charge >= 0.3 is 11.7 Å². The van der Waals surface area contributed by atoms with Crippen molar-refractivity contribution in [3.05, 3.63) is 33.1 Å². The van der Waals surface area contributed by atoms with Gasteiger partial charge in [-0.15, -0.1) is 5.10 Å². The first kappa shape index (κ1) is 11.4. The fraction of sp³-hybridized carbons (Fsp3) is 0.300. The van der Waals surface area contributed by atoms with Gasteiger partial charge in [-0.2, -0.15) is 0 Å². The molecule has 0 aliphatic heterocycles. The van der Waals surface area contributed by atoms with Gasteiger partial charge in [-0.25, -0.2) is 14.3 Å². The summed E-state index contributed by atoms with van der Waals surface area (Å²) in [5, 5.41) is 7.36. The van der Waals surface area contributed by atoms with E-state index >= 15 is 0 Å². The predicted molar refractivity (Wildman–Crippen MR) is 64.2 cm³/mol. The molecule has 0 aliphatic rings. The van der Waals surface area contributed by atoms with E-state index in [1.165, 1.54) is 4.57 Å². The van der Waals surface area contributed by atoms with Crippen LogP contribution in [0.3, 0.4) is 0 Å². The van der Waals surface area contributed by atoms with Gasteiger partial charge in [0.05, 0.1) is 0 Å². The average molecular weight is 262 g/mol. The predicted octanol–water partition coefficient (Wildman–Crippen LogP) is -0.262. The molecular weight excluding hydrogens is 252 g/mol. The number of hydrogen-bond donors (Lipinski definition) is 2. The van der Waals surface area contributed by atoms with Crippen molar-refractivity contribution in [1.29, 1.82) is 0 Å². The number of fused-ring (bicyclic) bond motifs is 1. The number of nitrogens with one attached hydrogen (secondary N) is 2. The molecule has 0 unspecified atom stereocenters. The second kappa shape index (κ2) is 4.19. The minimum Gasteiger partial charge on any atom is -0.410 e. The van der Waals surface area contributed by atoms with Gasteiger partial charge in [0, 0.05) is 6.42 Å². The first-order chi connectivity index (χ1) is 9.20. The van der Waals surface area contributed by atoms with E-state index in [0.717, 1.165) is 12.8 Å². The maximum atomic E-state index is 11.9. The molecule has 9 nitrogen and oxygen atoms in total. The molecule has 98 valence electrons. The summed E-state index contributed by atoms with van der Waals surface area (Å²) in [5.74, 6) is 0.578. The van der Waals surface area contributed by atoms with Crippen molar-refractivity contribution in [3.63, 3.8) is 0 Å². The maximum Gasteiger partial charge on any atom is 0.328 e. The zero-order chi connectivity index (χ0) is 13.4. The van der Waals surface area contributed by atoms with Gasteiger partial charge < -0.3 is 4.42 Å². The van der Waals surface area contributed by atoms with Crippen LogP contribution in [-0.4, -0.2) is 29.7 Å². The summed E-state index contributed by atoms with van der Waals surface area (Å²) in [4.78, 5) is 32.0. The Hall–Kier alpha value is -2.71. The van der Waals surface area contributed by atoms with Crippen LogP contribution in [0.15, 0.2) is 20.4 Å². The summed E-state index contributed by atoms with van der Waals surface area (Å²) in [6, 6.07) is 0.142. The number of nitrogens with zero attached hydrogens (tertiary/aromatic N) is 4. The lowest BCUT2D eigenvalue weighted by molar-refractivity contribution is 0.521. The average Bonchev–Trinajstić information content (AvgIpc) is 2.95. The third kappa shape index (κ3) is 1.75. The van der Waals surface area contributed by atoms with E-state index in [1.807, 2.05) is 6.92 Å². The van der Waals surface area contributed by atoms with Crippen LogP contribution < -0.4 is 11.2 Å². The molecule has 0 aromatic carbocycles. The van der Waals surface area contributed by atoms with Crippen LogP contribution in [0.5, 0.6) is 0 Å². The van der Waals surface area contributed by atoms with Crippen LogP contribution in [-0.2, 0) is 6.42 Å². The maximum absolute atomic E-state index is 11.9. The highest BCUT2D eigenvalue weighted by atomic mass is 16.4. The van der Waals surface area contributed by atoms with Gasteiger partial charge in [0.2, 0.25) is 6.39 Å². The third-order valence-corrected chi connectivity index (χ3v) is 2.63. The van der Waals surface area contributed by atoms with Gasteiger partial charge in [-0.3, -0.25) is 14.8 Å². The van der Waals surface area contributed by atoms with Crippen LogP contribution in [0.4, 0.5) is 0 Å². The largest absolute Gasteiger partial charge is 0.410 e. The minimum atomic E-state index is -0.601. The lowest BCUT2D eigenvalue weighted by Crippen LogP contribution is -2.23. The Morgan fingerprint density at radius 3 is 2.89 bits per heavy atom. The number of H-pyrrole nitrogens is 2. The van der Waals surface area contributed by atoms with Gasteiger partial charge in [0.15, 0.2) is 11.2 Å². The van der Waals surface area contributed by atoms with E-state index in [0.29, 0.717) is 12.2 Å². The molecule has 0 radical (unpaired) electrons. The summed E-state index contributed by atoms with van der Waals surface area (Å²) in [6.07, 6.45) is 2.59. The van der Waals surface area contributed by atoms with Crippen molar-refractivity contribution < 1.29 is 4.42 Å². The van der Waals surface area contributed by atoms with Crippen LogP contribution in [0.25, 0.3) is 17.2 Å². The molecule has 0 saturated carbocycles. The summed E-state index contributed by atoms with van der Waals surface area (Å²) >= 11 is 0. The van der Waals surface area contributed by atoms with E-state index < -0.39 is 11.2 Å². The zero-order valence-electron chi connectivity index (χ0n) is 10.0. The number of imidazole rings is 1. The Labute approximate surface area is 105 Å². The van der Waals surface area contributed by atoms with Gasteiger partial charge in [-0.1, -0.05) is 12.0 Å². The summed E-state index contributed by atoms with van der Waals surface area (Å²) in [6.45, 7) is 1.98. The molecule has 0 atom stereocenters. The molecule has 19 heavy (non-hydrogen) atoms. The molecule has 3 aromatic rings. The molecule has 0 fully saturated rings. The molecule has 3 aromatic heterocycles. The Balaban J connectivity index is 2.42. The summed E-state index contributed by atoms with van der Waals surface area (Å²) < 4.78 is 6.57. The first-order valence-corrected chi connectivity index (χ1v) is 5.71. The first-order valence-electron chi connectivity index (χ1n) is 5.71. The molecule has 0 spiro atoms. The number of hydrogen-bond acceptors (Lipinski definition) is 6. The lowest BCUT2D eigenvalue weighted by atomic mass is 10.3. The van der Waals surface area contributed by atoms with Crippen molar-refractivity contribution in [2.75, 3.05) is 0 Å². The SMILES string of the molecule is CCCc1nc2[nH]c(=O)[nH]c(=O)c2n1-c1nnco1. The highest BCUT2D eigenvalue weighted by Crippen LogP contribution is 2.16. The highest BCUT2D eigenvalue weighted by Gasteiger charge is 2.18. The molecule has 0 bridgehead atoms. The summed E-state index contributed by atoms with van der Waals surface area (Å²) in [7, 11) is 0. The Morgan fingerprint density at radius 2 is 2.21 bits per heavy atom. The normalized spacial score (nSPS) is 11.2. The Kier molecular flexibility index (Phi) is 2.51. The second-order valence-electron chi connectivity index (χ2n) is 3.94. The van der Waals surface area contributed by atoms with Gasteiger partial charge in [0.25, 0.3) is 5.56 Å². The molecular formula is C10H10N6O3. The van der Waals surface area contributed by atoms with Crippen LogP contribution in [0.1, 0.15) is 19.2 Å². The quantitative estimate of drug-likeness (QED) is 0.670. The fourth-order valence-corrected chi connectivity index (χ4v) is 1.93. The molecule has 3 heterocycles. The standard InChI is InChI=1S/C10H10N6O3/c1-2-3-5-12-7-6(8(17)14-9(18)13-7)16(5)10-15-11-4-19-10/h4H,2-3H2,1H3,(H2,13,14,17,18).